The first kappa shape index (κ1) is 20.3. The third kappa shape index (κ3) is 3.54. The standard InChI is InChI=1S/C25H23NO6/c1-2-29-25(28)21-22(32-20-15-31-19-12-13-30-23(19)20)17-10-6-7-11-18(17)26(24(21)27)14-16-8-4-3-5-9-16/h3-13,19-20,23H,2,14-15H2,1H3/t19-,20+,23+/m1/s1. The van der Waals surface area contributed by atoms with E-state index >= 15 is 0 Å². The fourth-order valence-electron chi connectivity index (χ4n) is 4.21. The molecule has 164 valence electrons. The quantitative estimate of drug-likeness (QED) is 0.556. The van der Waals surface area contributed by atoms with Crippen LogP contribution in [0.15, 0.2) is 71.7 Å². The van der Waals surface area contributed by atoms with E-state index < -0.39 is 17.6 Å². The summed E-state index contributed by atoms with van der Waals surface area (Å²) >= 11 is 0. The summed E-state index contributed by atoms with van der Waals surface area (Å²) in [6.45, 7) is 2.46. The minimum atomic E-state index is -0.707. The van der Waals surface area contributed by atoms with Gasteiger partial charge in [-0.3, -0.25) is 4.79 Å². The minimum Gasteiger partial charge on any atom is -0.491 e. The normalized spacial score (nSPS) is 21.3. The smallest absolute Gasteiger partial charge is 0.347 e. The van der Waals surface area contributed by atoms with Crippen molar-refractivity contribution in [2.45, 2.75) is 31.8 Å². The SMILES string of the molecule is CCOC(=O)c1c(O[C@H]2CO[C@@H]3C=CO[C@H]23)c2ccccc2n(Cc2ccccc2)c1=O. The summed E-state index contributed by atoms with van der Waals surface area (Å²) in [4.78, 5) is 26.6. The predicted octanol–water partition coefficient (Wildman–Crippen LogP) is 3.29. The van der Waals surface area contributed by atoms with E-state index in [0.717, 1.165) is 5.56 Å². The minimum absolute atomic E-state index is 0.115. The van der Waals surface area contributed by atoms with Gasteiger partial charge in [-0.2, -0.15) is 0 Å². The first-order valence-electron chi connectivity index (χ1n) is 10.6. The maximum Gasteiger partial charge on any atom is 0.347 e. The van der Waals surface area contributed by atoms with Crippen molar-refractivity contribution in [3.63, 3.8) is 0 Å². The number of benzene rings is 2. The highest BCUT2D eigenvalue weighted by molar-refractivity contribution is 6.00. The van der Waals surface area contributed by atoms with Crippen LogP contribution in [0.1, 0.15) is 22.8 Å². The number of fused-ring (bicyclic) bond motifs is 2. The predicted molar refractivity (Wildman–Crippen MR) is 118 cm³/mol. The molecular formula is C25H23NO6. The molecule has 5 rings (SSSR count). The van der Waals surface area contributed by atoms with Crippen molar-refractivity contribution in [2.75, 3.05) is 13.2 Å². The largest absolute Gasteiger partial charge is 0.491 e. The second-order valence-corrected chi connectivity index (χ2v) is 7.70. The third-order valence-electron chi connectivity index (χ3n) is 5.70. The number of aromatic nitrogens is 1. The van der Waals surface area contributed by atoms with Crippen LogP contribution in [0.2, 0.25) is 0 Å². The summed E-state index contributed by atoms with van der Waals surface area (Å²) in [6.07, 6.45) is 2.44. The molecular weight excluding hydrogens is 410 g/mol. The number of pyridine rings is 1. The van der Waals surface area contributed by atoms with E-state index in [1.807, 2.05) is 60.7 Å². The van der Waals surface area contributed by atoms with Gasteiger partial charge in [0.15, 0.2) is 17.8 Å². The Kier molecular flexibility index (Phi) is 5.41. The second-order valence-electron chi connectivity index (χ2n) is 7.70. The van der Waals surface area contributed by atoms with Crippen molar-refractivity contribution < 1.29 is 23.7 Å². The molecule has 7 heteroatoms. The van der Waals surface area contributed by atoms with Crippen molar-refractivity contribution in [3.8, 4) is 5.75 Å². The fraction of sp³-hybridized carbons (Fsp3) is 0.280. The Morgan fingerprint density at radius 1 is 1.12 bits per heavy atom. The van der Waals surface area contributed by atoms with Crippen molar-refractivity contribution in [2.24, 2.45) is 0 Å². The van der Waals surface area contributed by atoms with Crippen LogP contribution in [0.5, 0.6) is 5.75 Å². The van der Waals surface area contributed by atoms with Crippen LogP contribution in [0.25, 0.3) is 10.9 Å². The molecule has 0 radical (unpaired) electrons. The van der Waals surface area contributed by atoms with E-state index in [9.17, 15) is 9.59 Å². The Hall–Kier alpha value is -3.58. The summed E-state index contributed by atoms with van der Waals surface area (Å²) in [5.41, 5.74) is 1.05. The average molecular weight is 433 g/mol. The van der Waals surface area contributed by atoms with Gasteiger partial charge in [-0.1, -0.05) is 42.5 Å². The molecule has 1 aromatic heterocycles. The fourth-order valence-corrected chi connectivity index (χ4v) is 4.21. The second kappa shape index (κ2) is 8.51. The van der Waals surface area contributed by atoms with Crippen LogP contribution in [-0.2, 0) is 20.8 Å². The van der Waals surface area contributed by atoms with Gasteiger partial charge in [0, 0.05) is 5.39 Å². The van der Waals surface area contributed by atoms with Crippen LogP contribution in [-0.4, -0.2) is 42.1 Å². The molecule has 0 aliphatic carbocycles. The number of rotatable bonds is 6. The summed E-state index contributed by atoms with van der Waals surface area (Å²) in [5.74, 6) is -0.501. The lowest BCUT2D eigenvalue weighted by atomic mass is 10.1. The summed E-state index contributed by atoms with van der Waals surface area (Å²) < 4.78 is 24.5. The molecule has 3 heterocycles. The number of para-hydroxylation sites is 1. The molecule has 0 bridgehead atoms. The zero-order valence-corrected chi connectivity index (χ0v) is 17.6. The third-order valence-corrected chi connectivity index (χ3v) is 5.70. The average Bonchev–Trinajstić information content (AvgIpc) is 3.42. The molecule has 0 saturated carbocycles. The molecule has 0 N–H and O–H groups in total. The molecule has 1 saturated heterocycles. The first-order chi connectivity index (χ1) is 15.7. The number of hydrogen-bond donors (Lipinski definition) is 0. The van der Waals surface area contributed by atoms with Gasteiger partial charge in [-0.15, -0.1) is 0 Å². The van der Waals surface area contributed by atoms with Gasteiger partial charge in [0.1, 0.15) is 11.9 Å². The lowest BCUT2D eigenvalue weighted by molar-refractivity contribution is 0.0482. The zero-order chi connectivity index (χ0) is 22.1. The van der Waals surface area contributed by atoms with E-state index in [-0.39, 0.29) is 30.1 Å². The number of carbonyl (C=O) groups is 1. The number of esters is 1. The number of carbonyl (C=O) groups excluding carboxylic acids is 1. The number of hydrogen-bond acceptors (Lipinski definition) is 6. The molecule has 7 nitrogen and oxygen atoms in total. The summed E-state index contributed by atoms with van der Waals surface area (Å²) in [5, 5.41) is 0.653. The van der Waals surface area contributed by atoms with Crippen molar-refractivity contribution in [3.05, 3.63) is 88.4 Å². The molecule has 3 atom stereocenters. The number of ether oxygens (including phenoxy) is 4. The maximum atomic E-state index is 13.6. The molecule has 1 fully saturated rings. The Morgan fingerprint density at radius 2 is 1.91 bits per heavy atom. The van der Waals surface area contributed by atoms with E-state index in [1.165, 1.54) is 0 Å². The number of nitrogens with zero attached hydrogens (tertiary/aromatic N) is 1. The molecule has 0 amide bonds. The lowest BCUT2D eigenvalue weighted by Crippen LogP contribution is -2.35. The van der Waals surface area contributed by atoms with Crippen molar-refractivity contribution in [1.29, 1.82) is 0 Å². The van der Waals surface area contributed by atoms with Gasteiger partial charge in [-0.25, -0.2) is 4.79 Å². The van der Waals surface area contributed by atoms with Gasteiger partial charge in [0.25, 0.3) is 5.56 Å². The molecule has 3 aromatic rings. The molecule has 2 aromatic carbocycles. The van der Waals surface area contributed by atoms with Gasteiger partial charge in [0.05, 0.1) is 31.5 Å². The Morgan fingerprint density at radius 3 is 2.72 bits per heavy atom. The van der Waals surface area contributed by atoms with Crippen molar-refractivity contribution in [1.82, 2.24) is 4.57 Å². The van der Waals surface area contributed by atoms with Crippen LogP contribution in [0, 0.1) is 0 Å². The highest BCUT2D eigenvalue weighted by Crippen LogP contribution is 2.33. The molecule has 32 heavy (non-hydrogen) atoms. The van der Waals surface area contributed by atoms with Gasteiger partial charge in [0.2, 0.25) is 0 Å². The van der Waals surface area contributed by atoms with Gasteiger partial charge < -0.3 is 23.5 Å². The first-order valence-corrected chi connectivity index (χ1v) is 10.6. The maximum absolute atomic E-state index is 13.6. The van der Waals surface area contributed by atoms with E-state index in [4.69, 9.17) is 18.9 Å². The van der Waals surface area contributed by atoms with Gasteiger partial charge >= 0.3 is 5.97 Å². The zero-order valence-electron chi connectivity index (χ0n) is 17.6. The Labute approximate surface area is 184 Å². The molecule has 0 spiro atoms. The lowest BCUT2D eigenvalue weighted by Gasteiger charge is -2.22. The van der Waals surface area contributed by atoms with Crippen LogP contribution >= 0.6 is 0 Å². The van der Waals surface area contributed by atoms with E-state index in [1.54, 1.807) is 17.8 Å². The summed E-state index contributed by atoms with van der Waals surface area (Å²) in [7, 11) is 0. The Bertz CT molecular complexity index is 1230. The highest BCUT2D eigenvalue weighted by atomic mass is 16.6. The summed E-state index contributed by atoms with van der Waals surface area (Å²) in [6, 6.07) is 17.0. The van der Waals surface area contributed by atoms with Crippen LogP contribution in [0.3, 0.4) is 0 Å². The van der Waals surface area contributed by atoms with E-state index in [2.05, 4.69) is 0 Å². The van der Waals surface area contributed by atoms with Crippen LogP contribution < -0.4 is 10.3 Å². The highest BCUT2D eigenvalue weighted by Gasteiger charge is 2.42. The molecule has 2 aliphatic rings. The monoisotopic (exact) mass is 433 g/mol. The van der Waals surface area contributed by atoms with Crippen LogP contribution in [0.4, 0.5) is 0 Å². The Balaban J connectivity index is 1.66. The molecule has 0 unspecified atom stereocenters. The topological polar surface area (TPSA) is 76.0 Å². The van der Waals surface area contributed by atoms with Gasteiger partial charge in [-0.05, 0) is 30.7 Å². The van der Waals surface area contributed by atoms with E-state index in [0.29, 0.717) is 24.1 Å². The van der Waals surface area contributed by atoms with Crippen molar-refractivity contribution >= 4 is 16.9 Å². The molecule has 2 aliphatic heterocycles.